The van der Waals surface area contributed by atoms with Crippen LogP contribution >= 0.6 is 10.5 Å². The predicted octanol–water partition coefficient (Wildman–Crippen LogP) is 3.76. The van der Waals surface area contributed by atoms with Crippen molar-refractivity contribution in [1.82, 2.24) is 0 Å². The van der Waals surface area contributed by atoms with E-state index in [0.717, 1.165) is 10.5 Å². The number of rotatable bonds is 3. The van der Waals surface area contributed by atoms with Crippen LogP contribution in [0.1, 0.15) is 18.9 Å². The minimum Gasteiger partial charge on any atom is -0.294 e. The fraction of sp³-hybridized carbons (Fsp3) is 0.133. The lowest BCUT2D eigenvalue weighted by atomic mass is 10.2. The van der Waals surface area contributed by atoms with Crippen LogP contribution < -0.4 is 0 Å². The van der Waals surface area contributed by atoms with Crippen molar-refractivity contribution in [3.63, 3.8) is 0 Å². The molecule has 0 bridgehead atoms. The smallest absolute Gasteiger partial charge is 0.169 e. The summed E-state index contributed by atoms with van der Waals surface area (Å²) < 4.78 is 0. The van der Waals surface area contributed by atoms with Gasteiger partial charge >= 0.3 is 0 Å². The van der Waals surface area contributed by atoms with Crippen molar-refractivity contribution in [1.29, 1.82) is 0 Å². The van der Waals surface area contributed by atoms with E-state index in [1.165, 1.54) is 0 Å². The number of Topliss-reactive ketones (excluding diaryl/α,β-unsaturated/α-hetero) is 1. The second-order valence-electron chi connectivity index (χ2n) is 3.65. The highest BCUT2D eigenvalue weighted by atomic mass is 32.2. The zero-order valence-corrected chi connectivity index (χ0v) is 10.5. The SMILES string of the molecule is CCC(=O)C1=CC=CS1=C=Cc1ccccc1. The molecule has 0 aliphatic carbocycles. The average molecular weight is 242 g/mol. The Balaban J connectivity index is 2.29. The summed E-state index contributed by atoms with van der Waals surface area (Å²) in [6.07, 6.45) is 6.36. The van der Waals surface area contributed by atoms with E-state index in [1.54, 1.807) is 0 Å². The number of ketones is 1. The van der Waals surface area contributed by atoms with Gasteiger partial charge < -0.3 is 0 Å². The van der Waals surface area contributed by atoms with Crippen molar-refractivity contribution in [2.45, 2.75) is 13.3 Å². The monoisotopic (exact) mass is 242 g/mol. The molecule has 2 rings (SSSR count). The van der Waals surface area contributed by atoms with Crippen LogP contribution in [0.25, 0.3) is 6.08 Å². The second-order valence-corrected chi connectivity index (χ2v) is 5.27. The van der Waals surface area contributed by atoms with Gasteiger partial charge in [0.15, 0.2) is 5.78 Å². The third-order valence-corrected chi connectivity index (χ3v) is 4.09. The van der Waals surface area contributed by atoms with Gasteiger partial charge in [0.25, 0.3) is 0 Å². The van der Waals surface area contributed by atoms with Crippen LogP contribution in [0.5, 0.6) is 0 Å². The molecule has 1 aromatic rings. The minimum absolute atomic E-state index is 0.215. The lowest BCUT2D eigenvalue weighted by molar-refractivity contribution is -0.114. The molecule has 1 nitrogen and oxygen atoms in total. The lowest BCUT2D eigenvalue weighted by Gasteiger charge is -1.99. The Kier molecular flexibility index (Phi) is 3.92. The highest BCUT2D eigenvalue weighted by Gasteiger charge is 2.11. The van der Waals surface area contributed by atoms with Gasteiger partial charge in [0.2, 0.25) is 0 Å². The Bertz CT molecular complexity index is 544. The number of hydrogen-bond donors (Lipinski definition) is 0. The first-order valence-corrected chi connectivity index (χ1v) is 6.89. The first kappa shape index (κ1) is 11.8. The maximum atomic E-state index is 11.7. The normalized spacial score (nSPS) is 17.5. The van der Waals surface area contributed by atoms with E-state index in [1.807, 2.05) is 60.9 Å². The van der Waals surface area contributed by atoms with Crippen LogP contribution in [-0.2, 0) is 4.79 Å². The summed E-state index contributed by atoms with van der Waals surface area (Å²) in [5, 5.41) is 5.32. The second kappa shape index (κ2) is 5.62. The molecule has 1 atom stereocenters. The van der Waals surface area contributed by atoms with Crippen molar-refractivity contribution in [2.24, 2.45) is 0 Å². The van der Waals surface area contributed by atoms with E-state index in [0.29, 0.717) is 6.42 Å². The van der Waals surface area contributed by atoms with Crippen molar-refractivity contribution in [3.05, 3.63) is 58.4 Å². The topological polar surface area (TPSA) is 17.1 Å². The van der Waals surface area contributed by atoms with E-state index in [2.05, 4.69) is 5.02 Å². The third kappa shape index (κ3) is 2.94. The molecule has 17 heavy (non-hydrogen) atoms. The molecule has 0 radical (unpaired) electrons. The van der Waals surface area contributed by atoms with E-state index >= 15 is 0 Å². The fourth-order valence-corrected chi connectivity index (χ4v) is 2.99. The summed E-state index contributed by atoms with van der Waals surface area (Å²) in [6.45, 7) is 1.89. The molecule has 1 aliphatic heterocycles. The lowest BCUT2D eigenvalue weighted by Crippen LogP contribution is -1.95. The fourth-order valence-electron chi connectivity index (χ4n) is 1.53. The van der Waals surface area contributed by atoms with Crippen LogP contribution in [0.2, 0.25) is 0 Å². The predicted molar refractivity (Wildman–Crippen MR) is 76.0 cm³/mol. The standard InChI is InChI=1S/C15H14OS/c1-2-14(16)15-9-6-11-17(15)12-10-13-7-4-3-5-8-13/h3-11H,2H2,1H3. The zero-order valence-electron chi connectivity index (χ0n) is 9.72. The molecule has 0 saturated heterocycles. The molecule has 0 aromatic heterocycles. The molecule has 1 heterocycles. The quantitative estimate of drug-likeness (QED) is 0.738. The molecule has 1 unspecified atom stereocenters. The first-order chi connectivity index (χ1) is 8.31. The first-order valence-electron chi connectivity index (χ1n) is 5.60. The molecule has 0 N–H and O–H groups in total. The van der Waals surface area contributed by atoms with Gasteiger partial charge in [0.1, 0.15) is 0 Å². The van der Waals surface area contributed by atoms with Crippen molar-refractivity contribution < 1.29 is 4.79 Å². The van der Waals surface area contributed by atoms with Crippen LogP contribution in [-0.4, -0.2) is 10.8 Å². The van der Waals surface area contributed by atoms with Gasteiger partial charge in [-0.05, 0) is 23.1 Å². The molecule has 1 aromatic carbocycles. The van der Waals surface area contributed by atoms with E-state index in [9.17, 15) is 4.79 Å². The molecule has 0 spiro atoms. The average Bonchev–Trinajstić information content (AvgIpc) is 2.85. The molecule has 2 heteroatoms. The third-order valence-electron chi connectivity index (χ3n) is 2.45. The van der Waals surface area contributed by atoms with Crippen LogP contribution in [0.3, 0.4) is 0 Å². The zero-order chi connectivity index (χ0) is 12.1. The highest BCUT2D eigenvalue weighted by Crippen LogP contribution is 2.31. The molecular weight excluding hydrogens is 228 g/mol. The molecule has 1 aliphatic rings. The van der Waals surface area contributed by atoms with Gasteiger partial charge in [0.05, 0.1) is 4.91 Å². The molecule has 0 amide bonds. The molecule has 86 valence electrons. The minimum atomic E-state index is -0.270. The Morgan fingerprint density at radius 3 is 2.82 bits per heavy atom. The van der Waals surface area contributed by atoms with Gasteiger partial charge in [-0.3, -0.25) is 4.79 Å². The summed E-state index contributed by atoms with van der Waals surface area (Å²) in [7, 11) is -0.270. The Morgan fingerprint density at radius 1 is 1.35 bits per heavy atom. The summed E-state index contributed by atoms with van der Waals surface area (Å²) in [5.74, 6) is 0.215. The summed E-state index contributed by atoms with van der Waals surface area (Å²) >= 11 is 0. The van der Waals surface area contributed by atoms with Gasteiger partial charge in [-0.15, -0.1) is 0 Å². The van der Waals surface area contributed by atoms with Crippen LogP contribution in [0.15, 0.2) is 52.8 Å². The van der Waals surface area contributed by atoms with E-state index in [-0.39, 0.29) is 16.3 Å². The van der Waals surface area contributed by atoms with Gasteiger partial charge in [-0.25, -0.2) is 0 Å². The number of carbonyl (C=O) groups excluding carboxylic acids is 1. The van der Waals surface area contributed by atoms with Crippen molar-refractivity contribution in [3.8, 4) is 0 Å². The van der Waals surface area contributed by atoms with Gasteiger partial charge in [-0.1, -0.05) is 58.8 Å². The number of allylic oxidation sites excluding steroid dienone is 3. The number of carbonyl (C=O) groups is 1. The van der Waals surface area contributed by atoms with Crippen molar-refractivity contribution in [2.75, 3.05) is 0 Å². The highest BCUT2D eigenvalue weighted by molar-refractivity contribution is 8.21. The van der Waals surface area contributed by atoms with Crippen LogP contribution in [0.4, 0.5) is 0 Å². The summed E-state index contributed by atoms with van der Waals surface area (Å²) in [4.78, 5) is 12.6. The molecule has 0 saturated carbocycles. The summed E-state index contributed by atoms with van der Waals surface area (Å²) in [6, 6.07) is 10.0. The number of benzene rings is 1. The van der Waals surface area contributed by atoms with E-state index in [4.69, 9.17) is 0 Å². The van der Waals surface area contributed by atoms with Crippen LogP contribution in [0, 0.1) is 0 Å². The molecular formula is C15H14OS. The Labute approximate surface area is 104 Å². The van der Waals surface area contributed by atoms with E-state index < -0.39 is 0 Å². The van der Waals surface area contributed by atoms with Gasteiger partial charge in [-0.2, -0.15) is 0 Å². The summed E-state index contributed by atoms with van der Waals surface area (Å²) in [5.41, 5.74) is 1.11. The largest absolute Gasteiger partial charge is 0.294 e. The molecule has 0 fully saturated rings. The van der Waals surface area contributed by atoms with Gasteiger partial charge in [0, 0.05) is 6.42 Å². The number of hydrogen-bond acceptors (Lipinski definition) is 1. The maximum absolute atomic E-state index is 11.7. The maximum Gasteiger partial charge on any atom is 0.169 e. The Morgan fingerprint density at radius 2 is 2.12 bits per heavy atom. The Hall–Kier alpha value is -1.63. The van der Waals surface area contributed by atoms with Crippen molar-refractivity contribution >= 4 is 27.4 Å².